The summed E-state index contributed by atoms with van der Waals surface area (Å²) in [5, 5.41) is 14.1. The van der Waals surface area contributed by atoms with Crippen LogP contribution in [0.3, 0.4) is 0 Å². The summed E-state index contributed by atoms with van der Waals surface area (Å²) in [6.45, 7) is -1.00. The van der Waals surface area contributed by atoms with Crippen LogP contribution in [0.25, 0.3) is 0 Å². The number of nitrogens with one attached hydrogen (secondary N) is 1. The van der Waals surface area contributed by atoms with Gasteiger partial charge >= 0.3 is 5.97 Å². The van der Waals surface area contributed by atoms with Crippen molar-refractivity contribution in [2.75, 3.05) is 13.1 Å². The minimum absolute atomic E-state index is 0.191. The number of rotatable bonds is 5. The molecule has 0 atom stereocenters. The zero-order chi connectivity index (χ0) is 12.2. The van der Waals surface area contributed by atoms with Crippen LogP contribution in [0, 0.1) is 12.3 Å². The predicted octanol–water partition coefficient (Wildman–Crippen LogP) is -0.882. The van der Waals surface area contributed by atoms with Gasteiger partial charge < -0.3 is 5.11 Å². The molecule has 16 heavy (non-hydrogen) atoms. The third kappa shape index (κ3) is 2.59. The third-order valence-corrected chi connectivity index (χ3v) is 3.39. The molecule has 0 aliphatic heterocycles. The van der Waals surface area contributed by atoms with E-state index in [2.05, 4.69) is 16.1 Å². The molecular weight excluding hydrogens is 234 g/mol. The van der Waals surface area contributed by atoms with E-state index >= 15 is 0 Å². The summed E-state index contributed by atoms with van der Waals surface area (Å²) in [6, 6.07) is 1.22. The van der Waals surface area contributed by atoms with Crippen LogP contribution in [0.5, 0.6) is 0 Å². The maximum Gasteiger partial charge on any atom is 0.318 e. The van der Waals surface area contributed by atoms with Gasteiger partial charge in [0.25, 0.3) is 10.0 Å². The molecule has 0 aliphatic carbocycles. The summed E-state index contributed by atoms with van der Waals surface area (Å²) in [4.78, 5) is 10.5. The lowest BCUT2D eigenvalue weighted by Crippen LogP contribution is -2.36. The molecule has 0 saturated heterocycles. The van der Waals surface area contributed by atoms with Crippen LogP contribution in [-0.4, -0.2) is 47.1 Å². The van der Waals surface area contributed by atoms with Crippen LogP contribution in [0.2, 0.25) is 0 Å². The van der Waals surface area contributed by atoms with Crippen molar-refractivity contribution in [3.63, 3.8) is 0 Å². The number of aliphatic carboxylic acids is 1. The van der Waals surface area contributed by atoms with Crippen LogP contribution in [0.4, 0.5) is 0 Å². The first-order valence-corrected chi connectivity index (χ1v) is 5.57. The Morgan fingerprint density at radius 2 is 2.38 bits per heavy atom. The molecule has 0 saturated carbocycles. The van der Waals surface area contributed by atoms with Crippen molar-refractivity contribution >= 4 is 16.0 Å². The fraction of sp³-hybridized carbons (Fsp3) is 0.250. The Bertz CT molecular complexity index is 500. The smallest absolute Gasteiger partial charge is 0.318 e. The van der Waals surface area contributed by atoms with E-state index in [1.807, 2.05) is 0 Å². The van der Waals surface area contributed by atoms with Crippen molar-refractivity contribution in [3.05, 3.63) is 12.3 Å². The van der Waals surface area contributed by atoms with Crippen LogP contribution in [0.15, 0.2) is 17.3 Å². The van der Waals surface area contributed by atoms with E-state index in [0.29, 0.717) is 4.31 Å². The molecule has 7 nitrogen and oxygen atoms in total. The highest BCUT2D eigenvalue weighted by atomic mass is 32.2. The standard InChI is InChI=1S/C8H9N3O4S/c1-2-5-11(6-8(12)13)16(14,15)7-3-4-9-10-7/h1,3-4H,5-6H2,(H,9,10)(H,12,13). The number of aromatic nitrogens is 2. The maximum atomic E-state index is 11.8. The zero-order valence-corrected chi connectivity index (χ0v) is 8.94. The second-order valence-electron chi connectivity index (χ2n) is 2.79. The molecule has 2 N–H and O–H groups in total. The molecule has 1 rings (SSSR count). The Morgan fingerprint density at radius 3 is 2.81 bits per heavy atom. The number of carboxylic acids is 1. The monoisotopic (exact) mass is 243 g/mol. The number of nitrogens with zero attached hydrogens (tertiary/aromatic N) is 2. The van der Waals surface area contributed by atoms with Crippen molar-refractivity contribution in [2.24, 2.45) is 0 Å². The molecule has 0 fully saturated rings. The molecule has 1 aromatic heterocycles. The van der Waals surface area contributed by atoms with E-state index in [-0.39, 0.29) is 11.6 Å². The normalized spacial score (nSPS) is 11.2. The fourth-order valence-electron chi connectivity index (χ4n) is 1.00. The summed E-state index contributed by atoms with van der Waals surface area (Å²) in [5.41, 5.74) is 0. The lowest BCUT2D eigenvalue weighted by Gasteiger charge is -2.15. The Balaban J connectivity index is 3.03. The maximum absolute atomic E-state index is 11.8. The first-order valence-electron chi connectivity index (χ1n) is 4.13. The molecule has 0 bridgehead atoms. The molecule has 1 heterocycles. The van der Waals surface area contributed by atoms with Crippen molar-refractivity contribution < 1.29 is 18.3 Å². The molecule has 0 unspecified atom stereocenters. The quantitative estimate of drug-likeness (QED) is 0.653. The largest absolute Gasteiger partial charge is 0.480 e. The zero-order valence-electron chi connectivity index (χ0n) is 8.12. The average molecular weight is 243 g/mol. The lowest BCUT2D eigenvalue weighted by atomic mass is 10.6. The highest BCUT2D eigenvalue weighted by molar-refractivity contribution is 7.89. The van der Waals surface area contributed by atoms with Crippen LogP contribution < -0.4 is 0 Å². The molecular formula is C8H9N3O4S. The van der Waals surface area contributed by atoms with E-state index in [1.165, 1.54) is 12.3 Å². The number of carboxylic acid groups (broad SMARTS) is 1. The van der Waals surface area contributed by atoms with E-state index in [9.17, 15) is 13.2 Å². The summed E-state index contributed by atoms with van der Waals surface area (Å²) in [7, 11) is -3.92. The third-order valence-electron chi connectivity index (χ3n) is 1.67. The summed E-state index contributed by atoms with van der Waals surface area (Å²) in [5.74, 6) is 0.811. The number of hydrogen-bond donors (Lipinski definition) is 2. The topological polar surface area (TPSA) is 103 Å². The number of sulfonamides is 1. The van der Waals surface area contributed by atoms with Gasteiger partial charge in [-0.05, 0) is 6.07 Å². The van der Waals surface area contributed by atoms with Gasteiger partial charge in [-0.1, -0.05) is 5.92 Å². The molecule has 0 aliphatic rings. The Morgan fingerprint density at radius 1 is 1.69 bits per heavy atom. The summed E-state index contributed by atoms with van der Waals surface area (Å²) >= 11 is 0. The molecule has 86 valence electrons. The second-order valence-corrected chi connectivity index (χ2v) is 4.70. The number of aromatic amines is 1. The van der Waals surface area contributed by atoms with Crippen molar-refractivity contribution in [2.45, 2.75) is 5.03 Å². The minimum Gasteiger partial charge on any atom is -0.480 e. The number of carbonyl (C=O) groups is 1. The highest BCUT2D eigenvalue weighted by Gasteiger charge is 2.26. The van der Waals surface area contributed by atoms with Crippen molar-refractivity contribution in [1.29, 1.82) is 0 Å². The van der Waals surface area contributed by atoms with Gasteiger partial charge in [0.1, 0.15) is 6.54 Å². The van der Waals surface area contributed by atoms with E-state index in [0.717, 1.165) is 0 Å². The highest BCUT2D eigenvalue weighted by Crippen LogP contribution is 2.11. The van der Waals surface area contributed by atoms with Crippen LogP contribution in [0.1, 0.15) is 0 Å². The number of hydrogen-bond acceptors (Lipinski definition) is 4. The van der Waals surface area contributed by atoms with Gasteiger partial charge in [-0.15, -0.1) is 6.42 Å². The van der Waals surface area contributed by atoms with Crippen molar-refractivity contribution in [3.8, 4) is 12.3 Å². The molecule has 0 radical (unpaired) electrons. The van der Waals surface area contributed by atoms with Gasteiger partial charge in [-0.3, -0.25) is 9.89 Å². The summed E-state index contributed by atoms with van der Waals surface area (Å²) in [6.07, 6.45) is 6.23. The predicted molar refractivity (Wildman–Crippen MR) is 53.8 cm³/mol. The first-order chi connectivity index (χ1) is 7.48. The fourth-order valence-corrected chi connectivity index (χ4v) is 2.21. The van der Waals surface area contributed by atoms with Crippen LogP contribution >= 0.6 is 0 Å². The Kier molecular flexibility index (Phi) is 3.65. The number of terminal acetylenes is 1. The van der Waals surface area contributed by atoms with Crippen LogP contribution in [-0.2, 0) is 14.8 Å². The van der Waals surface area contributed by atoms with E-state index < -0.39 is 22.5 Å². The van der Waals surface area contributed by atoms with Gasteiger partial charge in [0, 0.05) is 0 Å². The van der Waals surface area contributed by atoms with Crippen molar-refractivity contribution in [1.82, 2.24) is 14.5 Å². The van der Waals surface area contributed by atoms with Gasteiger partial charge in [-0.25, -0.2) is 8.42 Å². The second kappa shape index (κ2) is 4.78. The molecule has 0 spiro atoms. The Labute approximate surface area is 92.1 Å². The lowest BCUT2D eigenvalue weighted by molar-refractivity contribution is -0.137. The SMILES string of the molecule is C#CCN(CC(=O)O)S(=O)(=O)c1ccn[nH]1. The molecule has 8 heteroatoms. The van der Waals surface area contributed by atoms with Gasteiger partial charge in [-0.2, -0.15) is 9.40 Å². The Hall–Kier alpha value is -1.85. The molecule has 1 aromatic rings. The minimum atomic E-state index is -3.92. The van der Waals surface area contributed by atoms with Gasteiger partial charge in [0.05, 0.1) is 12.7 Å². The van der Waals surface area contributed by atoms with E-state index in [4.69, 9.17) is 11.5 Å². The summed E-state index contributed by atoms with van der Waals surface area (Å²) < 4.78 is 24.3. The first kappa shape index (κ1) is 12.2. The van der Waals surface area contributed by atoms with E-state index in [1.54, 1.807) is 0 Å². The molecule has 0 amide bonds. The van der Waals surface area contributed by atoms with Gasteiger partial charge in [0.15, 0.2) is 5.03 Å². The number of H-pyrrole nitrogens is 1. The van der Waals surface area contributed by atoms with Gasteiger partial charge in [0.2, 0.25) is 0 Å². The average Bonchev–Trinajstić information content (AvgIpc) is 2.69. The molecule has 0 aromatic carbocycles.